The molecule has 0 bridgehead atoms. The molecule has 0 aliphatic carbocycles. The van der Waals surface area contributed by atoms with E-state index in [4.69, 9.17) is 4.42 Å². The molecule has 0 atom stereocenters. The number of fused-ring (bicyclic) bond motifs is 1. The number of hydrogen-bond acceptors (Lipinski definition) is 4. The van der Waals surface area contributed by atoms with Crippen LogP contribution in [0.15, 0.2) is 51.7 Å². The minimum atomic E-state index is -0.0296. The van der Waals surface area contributed by atoms with Crippen LogP contribution in [0.25, 0.3) is 11.3 Å². The molecule has 1 aliphatic heterocycles. The predicted molar refractivity (Wildman–Crippen MR) is 110 cm³/mol. The lowest BCUT2D eigenvalue weighted by molar-refractivity contribution is -0.121. The molecular formula is C22H26N4O3. The number of aryl methyl sites for hydroxylation is 3. The fourth-order valence-corrected chi connectivity index (χ4v) is 3.65. The maximum atomic E-state index is 12.3. The van der Waals surface area contributed by atoms with E-state index in [1.807, 2.05) is 42.5 Å². The number of rotatable bonds is 8. The molecule has 1 amide bonds. The minimum Gasteiger partial charge on any atom is -0.461 e. The highest BCUT2D eigenvalue weighted by atomic mass is 16.3. The maximum absolute atomic E-state index is 12.3. The van der Waals surface area contributed by atoms with Gasteiger partial charge in [0.1, 0.15) is 17.3 Å². The van der Waals surface area contributed by atoms with E-state index < -0.39 is 0 Å². The zero-order chi connectivity index (χ0) is 20.1. The molecule has 0 saturated heterocycles. The molecule has 0 saturated carbocycles. The fraction of sp³-hybridized carbons (Fsp3) is 0.409. The Hall–Kier alpha value is -3.09. The van der Waals surface area contributed by atoms with Crippen molar-refractivity contribution < 1.29 is 9.21 Å². The molecule has 29 heavy (non-hydrogen) atoms. The number of furan rings is 1. The quantitative estimate of drug-likeness (QED) is 0.596. The van der Waals surface area contributed by atoms with Crippen molar-refractivity contribution in [2.24, 2.45) is 0 Å². The van der Waals surface area contributed by atoms with Gasteiger partial charge in [0.15, 0.2) is 0 Å². The van der Waals surface area contributed by atoms with E-state index in [1.54, 1.807) is 4.57 Å². The van der Waals surface area contributed by atoms with Crippen molar-refractivity contribution >= 4 is 5.91 Å². The lowest BCUT2D eigenvalue weighted by Crippen LogP contribution is -2.29. The van der Waals surface area contributed by atoms with E-state index in [0.29, 0.717) is 32.4 Å². The van der Waals surface area contributed by atoms with E-state index in [1.165, 1.54) is 4.68 Å². The topological polar surface area (TPSA) is 82.1 Å². The van der Waals surface area contributed by atoms with Gasteiger partial charge in [0.05, 0.1) is 0 Å². The van der Waals surface area contributed by atoms with E-state index in [-0.39, 0.29) is 11.6 Å². The summed E-state index contributed by atoms with van der Waals surface area (Å²) < 4.78 is 9.13. The first kappa shape index (κ1) is 19.2. The highest BCUT2D eigenvalue weighted by Gasteiger charge is 2.16. The van der Waals surface area contributed by atoms with Crippen molar-refractivity contribution in [3.63, 3.8) is 0 Å². The number of aromatic nitrogens is 3. The molecule has 7 nitrogen and oxygen atoms in total. The Morgan fingerprint density at radius 3 is 2.83 bits per heavy atom. The summed E-state index contributed by atoms with van der Waals surface area (Å²) in [6.45, 7) is 1.82. The molecule has 0 fully saturated rings. The first-order valence-electron chi connectivity index (χ1n) is 10.3. The minimum absolute atomic E-state index is 0.0147. The van der Waals surface area contributed by atoms with Crippen molar-refractivity contribution in [2.45, 2.75) is 51.6 Å². The third kappa shape index (κ3) is 4.67. The zero-order valence-corrected chi connectivity index (χ0v) is 16.5. The highest BCUT2D eigenvalue weighted by Crippen LogP contribution is 2.22. The lowest BCUT2D eigenvalue weighted by atomic mass is 10.2. The van der Waals surface area contributed by atoms with Gasteiger partial charge < -0.3 is 9.73 Å². The van der Waals surface area contributed by atoms with Crippen LogP contribution in [0.5, 0.6) is 0 Å². The number of amides is 1. The number of carbonyl (C=O) groups is 1. The second-order valence-electron chi connectivity index (χ2n) is 7.37. The van der Waals surface area contributed by atoms with Crippen molar-refractivity contribution in [1.82, 2.24) is 19.7 Å². The van der Waals surface area contributed by atoms with Gasteiger partial charge in [-0.25, -0.2) is 9.48 Å². The van der Waals surface area contributed by atoms with Crippen LogP contribution in [0.3, 0.4) is 0 Å². The van der Waals surface area contributed by atoms with Gasteiger partial charge >= 0.3 is 5.69 Å². The largest absolute Gasteiger partial charge is 0.461 e. The van der Waals surface area contributed by atoms with Crippen molar-refractivity contribution in [2.75, 3.05) is 6.54 Å². The highest BCUT2D eigenvalue weighted by molar-refractivity contribution is 5.76. The molecule has 7 heteroatoms. The molecule has 0 unspecified atom stereocenters. The molecular weight excluding hydrogens is 368 g/mol. The second-order valence-corrected chi connectivity index (χ2v) is 7.37. The smallest absolute Gasteiger partial charge is 0.345 e. The standard InChI is InChI=1S/C22H26N4O3/c27-21(13-11-18-10-12-19(29-18)17-7-2-1-3-8-17)23-14-6-16-26-22(28)25-15-5-4-9-20(25)24-26/h1-3,7-8,10,12H,4-6,9,11,13-16H2,(H,23,27). The molecule has 0 spiro atoms. The first-order chi connectivity index (χ1) is 14.2. The molecule has 0 radical (unpaired) electrons. The van der Waals surface area contributed by atoms with Crippen molar-refractivity contribution in [1.29, 1.82) is 0 Å². The molecule has 3 aromatic rings. The summed E-state index contributed by atoms with van der Waals surface area (Å²) in [6, 6.07) is 13.8. The molecule has 1 aromatic carbocycles. The fourth-order valence-electron chi connectivity index (χ4n) is 3.65. The van der Waals surface area contributed by atoms with Gasteiger partial charge in [-0.3, -0.25) is 9.36 Å². The van der Waals surface area contributed by atoms with Crippen LogP contribution in [-0.2, 0) is 30.7 Å². The van der Waals surface area contributed by atoms with E-state index in [0.717, 1.165) is 48.7 Å². The van der Waals surface area contributed by atoms with Gasteiger partial charge in [-0.1, -0.05) is 30.3 Å². The van der Waals surface area contributed by atoms with E-state index in [9.17, 15) is 9.59 Å². The van der Waals surface area contributed by atoms with Gasteiger partial charge in [-0.05, 0) is 31.4 Å². The third-order valence-corrected chi connectivity index (χ3v) is 5.22. The normalized spacial score (nSPS) is 13.2. The van der Waals surface area contributed by atoms with Gasteiger partial charge in [0.25, 0.3) is 0 Å². The van der Waals surface area contributed by atoms with Crippen LogP contribution < -0.4 is 11.0 Å². The Bertz CT molecular complexity index is 1020. The van der Waals surface area contributed by atoms with Gasteiger partial charge in [-0.15, -0.1) is 0 Å². The molecule has 3 heterocycles. The number of nitrogens with one attached hydrogen (secondary N) is 1. The summed E-state index contributed by atoms with van der Waals surface area (Å²) in [7, 11) is 0. The summed E-state index contributed by atoms with van der Waals surface area (Å²) in [4.78, 5) is 24.4. The predicted octanol–water partition coefficient (Wildman–Crippen LogP) is 2.78. The number of carbonyl (C=O) groups excluding carboxylic acids is 1. The molecule has 4 rings (SSSR count). The Kier molecular flexibility index (Phi) is 5.93. The molecule has 1 N–H and O–H groups in total. The average molecular weight is 394 g/mol. The Labute approximate surface area is 169 Å². The summed E-state index contributed by atoms with van der Waals surface area (Å²) in [5, 5.41) is 7.32. The number of benzene rings is 1. The second kappa shape index (κ2) is 8.94. The van der Waals surface area contributed by atoms with Crippen LogP contribution in [0, 0.1) is 0 Å². The van der Waals surface area contributed by atoms with Crippen LogP contribution in [0.2, 0.25) is 0 Å². The van der Waals surface area contributed by atoms with Gasteiger partial charge in [-0.2, -0.15) is 5.10 Å². The van der Waals surface area contributed by atoms with Gasteiger partial charge in [0, 0.05) is 44.5 Å². The molecule has 1 aliphatic rings. The Morgan fingerprint density at radius 1 is 1.14 bits per heavy atom. The molecule has 2 aromatic heterocycles. The Morgan fingerprint density at radius 2 is 2.00 bits per heavy atom. The zero-order valence-electron chi connectivity index (χ0n) is 16.5. The third-order valence-electron chi connectivity index (χ3n) is 5.22. The first-order valence-corrected chi connectivity index (χ1v) is 10.3. The SMILES string of the molecule is O=C(CCc1ccc(-c2ccccc2)o1)NCCCn1nc2n(c1=O)CCCC2. The maximum Gasteiger partial charge on any atom is 0.345 e. The van der Waals surface area contributed by atoms with E-state index >= 15 is 0 Å². The van der Waals surface area contributed by atoms with Crippen molar-refractivity contribution in [3.05, 3.63) is 64.5 Å². The lowest BCUT2D eigenvalue weighted by Gasteiger charge is -2.09. The summed E-state index contributed by atoms with van der Waals surface area (Å²) in [6.07, 6.45) is 4.62. The average Bonchev–Trinajstić information content (AvgIpc) is 3.36. The van der Waals surface area contributed by atoms with Gasteiger partial charge in [0.2, 0.25) is 5.91 Å². The van der Waals surface area contributed by atoms with Crippen molar-refractivity contribution in [3.8, 4) is 11.3 Å². The van der Waals surface area contributed by atoms with Crippen LogP contribution in [0.4, 0.5) is 0 Å². The van der Waals surface area contributed by atoms with Crippen LogP contribution in [-0.4, -0.2) is 26.8 Å². The van der Waals surface area contributed by atoms with Crippen LogP contribution >= 0.6 is 0 Å². The number of hydrogen-bond donors (Lipinski definition) is 1. The molecule has 152 valence electrons. The summed E-state index contributed by atoms with van der Waals surface area (Å²) in [5.74, 6) is 2.49. The monoisotopic (exact) mass is 394 g/mol. The summed E-state index contributed by atoms with van der Waals surface area (Å²) in [5.41, 5.74) is 0.998. The summed E-state index contributed by atoms with van der Waals surface area (Å²) >= 11 is 0. The number of nitrogens with zero attached hydrogens (tertiary/aromatic N) is 3. The van der Waals surface area contributed by atoms with E-state index in [2.05, 4.69) is 10.4 Å². The van der Waals surface area contributed by atoms with Crippen LogP contribution in [0.1, 0.15) is 37.3 Å². The Balaban J connectivity index is 1.19.